The minimum atomic E-state index is 0.182. The van der Waals surface area contributed by atoms with Gasteiger partial charge >= 0.3 is 0 Å². The predicted molar refractivity (Wildman–Crippen MR) is 64.0 cm³/mol. The molecule has 0 amide bonds. The third-order valence-corrected chi connectivity index (χ3v) is 3.21. The zero-order chi connectivity index (χ0) is 10.7. The largest absolute Gasteiger partial charge is 0.398 e. The first-order valence-corrected chi connectivity index (χ1v) is 5.67. The zero-order valence-electron chi connectivity index (χ0n) is 8.18. The second-order valence-corrected chi connectivity index (χ2v) is 4.28. The van der Waals surface area contributed by atoms with E-state index in [-0.39, 0.29) is 6.61 Å². The van der Waals surface area contributed by atoms with Gasteiger partial charge in [-0.1, -0.05) is 0 Å². The fourth-order valence-corrected chi connectivity index (χ4v) is 2.27. The highest BCUT2D eigenvalue weighted by atomic mass is 32.2. The Balaban J connectivity index is 2.51. The fourth-order valence-electron chi connectivity index (χ4n) is 1.47. The monoisotopic (exact) mass is 220 g/mol. The van der Waals surface area contributed by atoms with Crippen molar-refractivity contribution in [2.24, 2.45) is 0 Å². The number of fused-ring (bicyclic) bond motifs is 1. The summed E-state index contributed by atoms with van der Waals surface area (Å²) in [5.74, 6) is 0.696. The number of aromatic nitrogens is 1. The molecule has 78 valence electrons. The summed E-state index contributed by atoms with van der Waals surface area (Å²) in [4.78, 5) is 5.19. The predicted octanol–water partition coefficient (Wildman–Crippen LogP) is 1.90. The molecule has 3 nitrogen and oxygen atoms in total. The molecule has 1 heterocycles. The van der Waals surface area contributed by atoms with E-state index in [1.807, 2.05) is 18.2 Å². The van der Waals surface area contributed by atoms with E-state index < -0.39 is 0 Å². The number of aliphatic hydroxyl groups is 1. The molecule has 3 N–H and O–H groups in total. The highest BCUT2D eigenvalue weighted by Gasteiger charge is 2.03. The molecule has 0 aliphatic carbocycles. The normalized spacial score (nSPS) is 10.7. The second-order valence-electron chi connectivity index (χ2n) is 3.15. The number of nitrogens with zero attached hydrogens (tertiary/aromatic N) is 1. The third kappa shape index (κ3) is 2.06. The van der Waals surface area contributed by atoms with Gasteiger partial charge in [0, 0.05) is 39.5 Å². The summed E-state index contributed by atoms with van der Waals surface area (Å²) in [6.07, 6.45) is 3.53. The molecule has 0 aliphatic heterocycles. The van der Waals surface area contributed by atoms with Gasteiger partial charge < -0.3 is 10.8 Å². The van der Waals surface area contributed by atoms with Gasteiger partial charge in [-0.25, -0.2) is 0 Å². The van der Waals surface area contributed by atoms with Crippen LogP contribution in [0.1, 0.15) is 0 Å². The van der Waals surface area contributed by atoms with Crippen LogP contribution in [0.4, 0.5) is 5.69 Å². The number of hydrogen-bond donors (Lipinski definition) is 2. The molecule has 1 aromatic heterocycles. The van der Waals surface area contributed by atoms with E-state index in [1.165, 1.54) is 0 Å². The van der Waals surface area contributed by atoms with Gasteiger partial charge in [0.05, 0.1) is 6.61 Å². The van der Waals surface area contributed by atoms with Crippen LogP contribution >= 0.6 is 11.8 Å². The number of thioether (sulfide) groups is 1. The Labute approximate surface area is 92.3 Å². The van der Waals surface area contributed by atoms with Crippen LogP contribution in [0.3, 0.4) is 0 Å². The molecule has 0 aliphatic rings. The molecule has 1 aromatic carbocycles. The van der Waals surface area contributed by atoms with Crippen LogP contribution in [-0.4, -0.2) is 22.5 Å². The Morgan fingerprint density at radius 3 is 2.93 bits per heavy atom. The molecule has 2 aromatic rings. The number of pyridine rings is 1. The average Bonchev–Trinajstić information content (AvgIpc) is 2.29. The number of hydrogen-bond acceptors (Lipinski definition) is 4. The Kier molecular flexibility index (Phi) is 3.08. The molecule has 0 unspecified atom stereocenters. The van der Waals surface area contributed by atoms with Gasteiger partial charge in [-0.2, -0.15) is 0 Å². The van der Waals surface area contributed by atoms with E-state index in [1.54, 1.807) is 24.2 Å². The van der Waals surface area contributed by atoms with Crippen molar-refractivity contribution in [2.45, 2.75) is 4.90 Å². The quantitative estimate of drug-likeness (QED) is 0.612. The minimum Gasteiger partial charge on any atom is -0.398 e. The maximum Gasteiger partial charge on any atom is 0.0525 e. The maximum absolute atomic E-state index is 8.80. The van der Waals surface area contributed by atoms with Gasteiger partial charge in [0.2, 0.25) is 0 Å². The molecule has 15 heavy (non-hydrogen) atoms. The molecule has 0 saturated heterocycles. The smallest absolute Gasteiger partial charge is 0.0525 e. The van der Waals surface area contributed by atoms with E-state index in [0.717, 1.165) is 21.4 Å². The van der Waals surface area contributed by atoms with E-state index in [9.17, 15) is 0 Å². The summed E-state index contributed by atoms with van der Waals surface area (Å²) >= 11 is 1.63. The van der Waals surface area contributed by atoms with Crippen molar-refractivity contribution in [3.63, 3.8) is 0 Å². The van der Waals surface area contributed by atoms with E-state index >= 15 is 0 Å². The number of nitrogens with two attached hydrogens (primary N) is 1. The van der Waals surface area contributed by atoms with Crippen molar-refractivity contribution >= 4 is 28.2 Å². The molecule has 0 bridgehead atoms. The second kappa shape index (κ2) is 4.51. The summed E-state index contributed by atoms with van der Waals surface area (Å²) in [6.45, 7) is 0.182. The SMILES string of the molecule is Nc1ccc(SCCO)c2ccncc12. The molecule has 4 heteroatoms. The van der Waals surface area contributed by atoms with Crippen LogP contribution in [0, 0.1) is 0 Å². The van der Waals surface area contributed by atoms with Crippen molar-refractivity contribution in [2.75, 3.05) is 18.1 Å². The third-order valence-electron chi connectivity index (χ3n) is 2.16. The Morgan fingerprint density at radius 2 is 2.13 bits per heavy atom. The van der Waals surface area contributed by atoms with Crippen molar-refractivity contribution < 1.29 is 5.11 Å². The number of benzene rings is 1. The molecule has 0 radical (unpaired) electrons. The lowest BCUT2D eigenvalue weighted by molar-refractivity contribution is 0.322. The highest BCUT2D eigenvalue weighted by Crippen LogP contribution is 2.30. The molecule has 0 spiro atoms. The lowest BCUT2D eigenvalue weighted by Crippen LogP contribution is -1.91. The van der Waals surface area contributed by atoms with Gasteiger partial charge in [-0.3, -0.25) is 4.98 Å². The van der Waals surface area contributed by atoms with E-state index in [4.69, 9.17) is 10.8 Å². The Morgan fingerprint density at radius 1 is 1.27 bits per heavy atom. The van der Waals surface area contributed by atoms with Crippen molar-refractivity contribution in [3.8, 4) is 0 Å². The number of nitrogen functional groups attached to an aromatic ring is 1. The average molecular weight is 220 g/mol. The molecule has 2 rings (SSSR count). The van der Waals surface area contributed by atoms with Crippen LogP contribution in [-0.2, 0) is 0 Å². The number of rotatable bonds is 3. The number of anilines is 1. The molecule has 0 atom stereocenters. The van der Waals surface area contributed by atoms with Gasteiger partial charge in [-0.05, 0) is 18.2 Å². The topological polar surface area (TPSA) is 59.1 Å². The molecular formula is C11H12N2OS. The summed E-state index contributed by atoms with van der Waals surface area (Å²) in [7, 11) is 0. The van der Waals surface area contributed by atoms with E-state index in [2.05, 4.69) is 4.98 Å². The van der Waals surface area contributed by atoms with E-state index in [0.29, 0.717) is 5.75 Å². The van der Waals surface area contributed by atoms with Crippen LogP contribution in [0.15, 0.2) is 35.5 Å². The molecule has 0 fully saturated rings. The lowest BCUT2D eigenvalue weighted by Gasteiger charge is -2.06. The highest BCUT2D eigenvalue weighted by molar-refractivity contribution is 7.99. The van der Waals surface area contributed by atoms with Crippen molar-refractivity contribution in [3.05, 3.63) is 30.6 Å². The summed E-state index contributed by atoms with van der Waals surface area (Å²) in [5, 5.41) is 10.9. The van der Waals surface area contributed by atoms with Gasteiger partial charge in [0.15, 0.2) is 0 Å². The summed E-state index contributed by atoms with van der Waals surface area (Å²) < 4.78 is 0. The maximum atomic E-state index is 8.80. The lowest BCUT2D eigenvalue weighted by atomic mass is 10.1. The zero-order valence-corrected chi connectivity index (χ0v) is 9.00. The van der Waals surface area contributed by atoms with Gasteiger partial charge in [0.25, 0.3) is 0 Å². The first-order valence-electron chi connectivity index (χ1n) is 4.69. The minimum absolute atomic E-state index is 0.182. The fraction of sp³-hybridized carbons (Fsp3) is 0.182. The first kappa shape index (κ1) is 10.3. The Hall–Kier alpha value is -1.26. The summed E-state index contributed by atoms with van der Waals surface area (Å²) in [6, 6.07) is 5.81. The number of aliphatic hydroxyl groups excluding tert-OH is 1. The van der Waals surface area contributed by atoms with Gasteiger partial charge in [0.1, 0.15) is 0 Å². The van der Waals surface area contributed by atoms with Crippen LogP contribution in [0.2, 0.25) is 0 Å². The molecular weight excluding hydrogens is 208 g/mol. The van der Waals surface area contributed by atoms with Crippen LogP contribution in [0.5, 0.6) is 0 Å². The van der Waals surface area contributed by atoms with Crippen molar-refractivity contribution in [1.29, 1.82) is 0 Å². The van der Waals surface area contributed by atoms with Crippen LogP contribution in [0.25, 0.3) is 10.8 Å². The molecule has 0 saturated carbocycles. The standard InChI is InChI=1S/C11H12N2OS/c12-10-1-2-11(15-6-5-14)8-3-4-13-7-9(8)10/h1-4,7,14H,5-6,12H2. The summed E-state index contributed by atoms with van der Waals surface area (Å²) in [5.41, 5.74) is 6.60. The van der Waals surface area contributed by atoms with Crippen LogP contribution < -0.4 is 5.73 Å². The van der Waals surface area contributed by atoms with Gasteiger partial charge in [-0.15, -0.1) is 11.8 Å². The van der Waals surface area contributed by atoms with Crippen molar-refractivity contribution in [1.82, 2.24) is 4.98 Å². The first-order chi connectivity index (χ1) is 7.33. The Bertz CT molecular complexity index is 473.